The Morgan fingerprint density at radius 2 is 2.17 bits per heavy atom. The van der Waals surface area contributed by atoms with E-state index in [2.05, 4.69) is 15.9 Å². The summed E-state index contributed by atoms with van der Waals surface area (Å²) in [5.41, 5.74) is 0. The van der Waals surface area contributed by atoms with Crippen LogP contribution < -0.4 is 4.72 Å². The average Bonchev–Trinajstić information content (AvgIpc) is 2.24. The standard InChI is InChI=1S/C10H11BrFNO4S/c1-2-8(10(14)15)13-18(16,17)9-4-3-6(11)5-7(9)12/h3-5,8,13H,2H2,1H3,(H,14,15)/t8-/m1/s1. The SMILES string of the molecule is CC[C@@H](NS(=O)(=O)c1ccc(Br)cc1F)C(=O)O. The number of nitrogens with one attached hydrogen (secondary N) is 1. The molecule has 0 aliphatic heterocycles. The second-order valence-electron chi connectivity index (χ2n) is 3.50. The van der Waals surface area contributed by atoms with Crippen molar-refractivity contribution in [3.8, 4) is 0 Å². The summed E-state index contributed by atoms with van der Waals surface area (Å²) in [5.74, 6) is -2.25. The predicted molar refractivity (Wildman–Crippen MR) is 66.1 cm³/mol. The van der Waals surface area contributed by atoms with Crippen LogP contribution in [0.1, 0.15) is 13.3 Å². The molecule has 0 saturated carbocycles. The molecule has 100 valence electrons. The Morgan fingerprint density at radius 1 is 1.56 bits per heavy atom. The van der Waals surface area contributed by atoms with Gasteiger partial charge in [-0.2, -0.15) is 4.72 Å². The maximum absolute atomic E-state index is 13.5. The first-order valence-electron chi connectivity index (χ1n) is 4.98. The zero-order valence-electron chi connectivity index (χ0n) is 9.35. The van der Waals surface area contributed by atoms with Gasteiger partial charge in [0.2, 0.25) is 10.0 Å². The zero-order valence-corrected chi connectivity index (χ0v) is 11.8. The molecule has 1 atom stereocenters. The highest BCUT2D eigenvalue weighted by atomic mass is 79.9. The van der Waals surface area contributed by atoms with E-state index in [-0.39, 0.29) is 6.42 Å². The number of benzene rings is 1. The Kier molecular flexibility index (Phi) is 4.83. The highest BCUT2D eigenvalue weighted by Crippen LogP contribution is 2.19. The predicted octanol–water partition coefficient (Wildman–Crippen LogP) is 1.73. The lowest BCUT2D eigenvalue weighted by Gasteiger charge is -2.13. The van der Waals surface area contributed by atoms with E-state index in [9.17, 15) is 17.6 Å². The number of sulfonamides is 1. The molecule has 8 heteroatoms. The summed E-state index contributed by atoms with van der Waals surface area (Å²) < 4.78 is 39.5. The third kappa shape index (κ3) is 3.50. The fourth-order valence-electron chi connectivity index (χ4n) is 1.25. The van der Waals surface area contributed by atoms with Crippen LogP contribution >= 0.6 is 15.9 Å². The smallest absolute Gasteiger partial charge is 0.321 e. The van der Waals surface area contributed by atoms with Crippen LogP contribution in [0.15, 0.2) is 27.6 Å². The van der Waals surface area contributed by atoms with Crippen molar-refractivity contribution in [1.82, 2.24) is 4.72 Å². The number of aliphatic carboxylic acids is 1. The van der Waals surface area contributed by atoms with E-state index in [1.807, 2.05) is 4.72 Å². The molecule has 5 nitrogen and oxygen atoms in total. The van der Waals surface area contributed by atoms with Crippen LogP contribution in [0, 0.1) is 5.82 Å². The van der Waals surface area contributed by atoms with Gasteiger partial charge in [-0.05, 0) is 24.6 Å². The number of hydrogen-bond donors (Lipinski definition) is 2. The molecule has 1 aromatic carbocycles. The largest absolute Gasteiger partial charge is 0.480 e. The fraction of sp³-hybridized carbons (Fsp3) is 0.300. The van der Waals surface area contributed by atoms with E-state index < -0.39 is 32.7 Å². The summed E-state index contributed by atoms with van der Waals surface area (Å²) in [6, 6.07) is 2.14. The molecule has 0 radical (unpaired) electrons. The quantitative estimate of drug-likeness (QED) is 0.855. The zero-order chi connectivity index (χ0) is 13.9. The number of halogens is 2. The summed E-state index contributed by atoms with van der Waals surface area (Å²) >= 11 is 3.00. The number of carboxylic acids is 1. The van der Waals surface area contributed by atoms with E-state index in [0.29, 0.717) is 4.47 Å². The van der Waals surface area contributed by atoms with Crippen LogP contribution in [0.25, 0.3) is 0 Å². The summed E-state index contributed by atoms with van der Waals surface area (Å²) in [7, 11) is -4.19. The van der Waals surface area contributed by atoms with E-state index in [0.717, 1.165) is 12.1 Å². The van der Waals surface area contributed by atoms with Crippen LogP contribution in [0.2, 0.25) is 0 Å². The molecule has 0 saturated heterocycles. The van der Waals surface area contributed by atoms with Gasteiger partial charge in [0.1, 0.15) is 16.8 Å². The van der Waals surface area contributed by atoms with Crippen LogP contribution in [-0.4, -0.2) is 25.5 Å². The van der Waals surface area contributed by atoms with Crippen molar-refractivity contribution in [2.24, 2.45) is 0 Å². The van der Waals surface area contributed by atoms with Crippen molar-refractivity contribution < 1.29 is 22.7 Å². The van der Waals surface area contributed by atoms with Crippen LogP contribution in [0.5, 0.6) is 0 Å². The van der Waals surface area contributed by atoms with E-state index in [1.54, 1.807) is 0 Å². The molecule has 0 aliphatic rings. The Balaban J connectivity index is 3.10. The topological polar surface area (TPSA) is 83.5 Å². The van der Waals surface area contributed by atoms with Gasteiger partial charge in [0.05, 0.1) is 0 Å². The second kappa shape index (κ2) is 5.77. The monoisotopic (exact) mass is 339 g/mol. The number of hydrogen-bond acceptors (Lipinski definition) is 3. The lowest BCUT2D eigenvalue weighted by atomic mass is 10.2. The van der Waals surface area contributed by atoms with Crippen molar-refractivity contribution in [3.05, 3.63) is 28.5 Å². The maximum Gasteiger partial charge on any atom is 0.321 e. The number of carbonyl (C=O) groups is 1. The highest BCUT2D eigenvalue weighted by Gasteiger charge is 2.26. The summed E-state index contributed by atoms with van der Waals surface area (Å²) in [5, 5.41) is 8.77. The second-order valence-corrected chi connectivity index (χ2v) is 6.09. The molecule has 0 unspecified atom stereocenters. The molecule has 0 aliphatic carbocycles. The van der Waals surface area contributed by atoms with Crippen molar-refractivity contribution in [2.75, 3.05) is 0 Å². The molecule has 2 N–H and O–H groups in total. The molecular formula is C10H11BrFNO4S. The fourth-order valence-corrected chi connectivity index (χ4v) is 2.92. The summed E-state index contributed by atoms with van der Waals surface area (Å²) in [6.07, 6.45) is 0.0622. The highest BCUT2D eigenvalue weighted by molar-refractivity contribution is 9.10. The minimum absolute atomic E-state index is 0.0622. The van der Waals surface area contributed by atoms with E-state index in [1.165, 1.54) is 13.0 Å². The molecule has 1 aromatic rings. The Hall–Kier alpha value is -0.990. The third-order valence-electron chi connectivity index (χ3n) is 2.19. The Labute approximate surface area is 112 Å². The summed E-state index contributed by atoms with van der Waals surface area (Å²) in [6.45, 7) is 1.51. The van der Waals surface area contributed by atoms with Gasteiger partial charge in [0.15, 0.2) is 0 Å². The van der Waals surface area contributed by atoms with E-state index in [4.69, 9.17) is 5.11 Å². The van der Waals surface area contributed by atoms with Gasteiger partial charge >= 0.3 is 5.97 Å². The molecule has 0 heterocycles. The molecule has 0 fully saturated rings. The lowest BCUT2D eigenvalue weighted by Crippen LogP contribution is -2.40. The van der Waals surface area contributed by atoms with Gasteiger partial charge in [-0.1, -0.05) is 22.9 Å². The molecule has 0 amide bonds. The maximum atomic E-state index is 13.5. The summed E-state index contributed by atoms with van der Waals surface area (Å²) in [4.78, 5) is 10.2. The molecule has 0 aromatic heterocycles. The van der Waals surface area contributed by atoms with Gasteiger partial charge in [-0.25, -0.2) is 12.8 Å². The van der Waals surface area contributed by atoms with Crippen LogP contribution in [0.3, 0.4) is 0 Å². The average molecular weight is 340 g/mol. The normalized spacial score (nSPS) is 13.3. The first-order valence-corrected chi connectivity index (χ1v) is 7.25. The Bertz CT molecular complexity index is 561. The molecule has 1 rings (SSSR count). The first kappa shape index (κ1) is 15.1. The van der Waals surface area contributed by atoms with Crippen molar-refractivity contribution in [3.63, 3.8) is 0 Å². The Morgan fingerprint density at radius 3 is 2.61 bits per heavy atom. The lowest BCUT2D eigenvalue weighted by molar-refractivity contribution is -0.139. The van der Waals surface area contributed by atoms with Gasteiger partial charge < -0.3 is 5.11 Å². The van der Waals surface area contributed by atoms with Gasteiger partial charge in [-0.3, -0.25) is 4.79 Å². The van der Waals surface area contributed by atoms with E-state index >= 15 is 0 Å². The molecule has 0 spiro atoms. The minimum Gasteiger partial charge on any atom is -0.480 e. The van der Waals surface area contributed by atoms with Crippen LogP contribution in [0.4, 0.5) is 4.39 Å². The third-order valence-corrected chi connectivity index (χ3v) is 4.19. The number of carboxylic acid groups (broad SMARTS) is 1. The van der Waals surface area contributed by atoms with Crippen LogP contribution in [-0.2, 0) is 14.8 Å². The minimum atomic E-state index is -4.19. The van der Waals surface area contributed by atoms with Crippen molar-refractivity contribution >= 4 is 31.9 Å². The van der Waals surface area contributed by atoms with Crippen molar-refractivity contribution in [1.29, 1.82) is 0 Å². The molecule has 18 heavy (non-hydrogen) atoms. The van der Waals surface area contributed by atoms with Crippen molar-refractivity contribution in [2.45, 2.75) is 24.3 Å². The number of rotatable bonds is 5. The van der Waals surface area contributed by atoms with Gasteiger partial charge in [0, 0.05) is 4.47 Å². The first-order chi connectivity index (χ1) is 8.27. The molecular weight excluding hydrogens is 329 g/mol. The van der Waals surface area contributed by atoms with Gasteiger partial charge in [0.25, 0.3) is 0 Å². The molecule has 0 bridgehead atoms. The van der Waals surface area contributed by atoms with Gasteiger partial charge in [-0.15, -0.1) is 0 Å².